The molecule has 0 spiro atoms. The van der Waals surface area contributed by atoms with Crippen LogP contribution >= 0.6 is 0 Å². The van der Waals surface area contributed by atoms with Crippen LogP contribution in [-0.2, 0) is 6.54 Å². The summed E-state index contributed by atoms with van der Waals surface area (Å²) < 4.78 is 2.22. The van der Waals surface area contributed by atoms with Gasteiger partial charge in [-0.25, -0.2) is 4.98 Å². The van der Waals surface area contributed by atoms with Crippen LogP contribution in [0.4, 0.5) is 5.95 Å². The molecule has 0 aliphatic carbocycles. The molecular formula is C12H22N4. The zero-order chi connectivity index (χ0) is 11.4. The molecule has 1 saturated heterocycles. The second-order valence-corrected chi connectivity index (χ2v) is 4.50. The molecule has 1 aliphatic heterocycles. The van der Waals surface area contributed by atoms with Gasteiger partial charge in [-0.15, -0.1) is 0 Å². The van der Waals surface area contributed by atoms with Crippen LogP contribution in [0.15, 0.2) is 12.4 Å². The number of hydrogen-bond donors (Lipinski definition) is 1. The monoisotopic (exact) mass is 222 g/mol. The molecule has 4 nitrogen and oxygen atoms in total. The van der Waals surface area contributed by atoms with Crippen LogP contribution < -0.4 is 10.2 Å². The minimum Gasteiger partial charge on any atom is -0.342 e. The summed E-state index contributed by atoms with van der Waals surface area (Å²) in [5.74, 6) is 1.98. The highest BCUT2D eigenvalue weighted by Crippen LogP contribution is 2.21. The number of anilines is 1. The SMILES string of the molecule is CCn1ccnc1N1CCC(CNC)CC1. The third-order valence-corrected chi connectivity index (χ3v) is 3.42. The number of aryl methyl sites for hydroxylation is 1. The highest BCUT2D eigenvalue weighted by molar-refractivity contribution is 5.31. The number of hydrogen-bond acceptors (Lipinski definition) is 3. The second kappa shape index (κ2) is 5.34. The standard InChI is InChI=1S/C12H22N4/c1-3-15-9-6-14-12(15)16-7-4-11(5-8-16)10-13-2/h6,9,11,13H,3-5,7-8,10H2,1-2H3. The summed E-state index contributed by atoms with van der Waals surface area (Å²) in [6, 6.07) is 0. The van der Waals surface area contributed by atoms with Crippen LogP contribution in [0.2, 0.25) is 0 Å². The van der Waals surface area contributed by atoms with Gasteiger partial charge < -0.3 is 14.8 Å². The zero-order valence-electron chi connectivity index (χ0n) is 10.3. The molecule has 1 N–H and O–H groups in total. The average Bonchev–Trinajstić information content (AvgIpc) is 2.78. The van der Waals surface area contributed by atoms with Crippen LogP contribution in [0.3, 0.4) is 0 Å². The van der Waals surface area contributed by atoms with Crippen molar-refractivity contribution in [2.45, 2.75) is 26.3 Å². The minimum absolute atomic E-state index is 0.839. The first kappa shape index (κ1) is 11.5. The Hall–Kier alpha value is -1.03. The lowest BCUT2D eigenvalue weighted by molar-refractivity contribution is 0.389. The quantitative estimate of drug-likeness (QED) is 0.834. The fourth-order valence-electron chi connectivity index (χ4n) is 2.46. The Bertz CT molecular complexity index is 313. The summed E-state index contributed by atoms with van der Waals surface area (Å²) in [4.78, 5) is 6.87. The van der Waals surface area contributed by atoms with E-state index in [0.717, 1.165) is 38.0 Å². The van der Waals surface area contributed by atoms with Gasteiger partial charge in [0.15, 0.2) is 0 Å². The highest BCUT2D eigenvalue weighted by atomic mass is 15.3. The van der Waals surface area contributed by atoms with Gasteiger partial charge >= 0.3 is 0 Å². The van der Waals surface area contributed by atoms with Crippen LogP contribution in [0.1, 0.15) is 19.8 Å². The highest BCUT2D eigenvalue weighted by Gasteiger charge is 2.20. The molecule has 4 heteroatoms. The van der Waals surface area contributed by atoms with Gasteiger partial charge in [0.25, 0.3) is 0 Å². The largest absolute Gasteiger partial charge is 0.342 e. The molecule has 0 saturated carbocycles. The molecule has 16 heavy (non-hydrogen) atoms. The van der Waals surface area contributed by atoms with Crippen LogP contribution in [0, 0.1) is 5.92 Å². The van der Waals surface area contributed by atoms with E-state index >= 15 is 0 Å². The number of piperidine rings is 1. The van der Waals surface area contributed by atoms with E-state index in [4.69, 9.17) is 0 Å². The fourth-order valence-corrected chi connectivity index (χ4v) is 2.46. The lowest BCUT2D eigenvalue weighted by atomic mass is 9.97. The second-order valence-electron chi connectivity index (χ2n) is 4.50. The molecule has 0 amide bonds. The van der Waals surface area contributed by atoms with E-state index in [9.17, 15) is 0 Å². The van der Waals surface area contributed by atoms with E-state index < -0.39 is 0 Å². The molecule has 2 rings (SSSR count). The zero-order valence-corrected chi connectivity index (χ0v) is 10.3. The van der Waals surface area contributed by atoms with E-state index in [1.165, 1.54) is 12.8 Å². The van der Waals surface area contributed by atoms with Crippen molar-refractivity contribution in [3.8, 4) is 0 Å². The Morgan fingerprint density at radius 1 is 1.44 bits per heavy atom. The molecule has 0 aromatic carbocycles. The summed E-state index contributed by atoms with van der Waals surface area (Å²) in [5, 5.41) is 3.27. The van der Waals surface area contributed by atoms with Crippen molar-refractivity contribution in [3.05, 3.63) is 12.4 Å². The summed E-state index contributed by atoms with van der Waals surface area (Å²) >= 11 is 0. The predicted octanol–water partition coefficient (Wildman–Crippen LogP) is 1.34. The van der Waals surface area contributed by atoms with Crippen molar-refractivity contribution in [3.63, 3.8) is 0 Å². The van der Waals surface area contributed by atoms with Gasteiger partial charge in [0.2, 0.25) is 5.95 Å². The summed E-state index contributed by atoms with van der Waals surface area (Å²) in [6.45, 7) is 6.60. The molecule has 0 radical (unpaired) electrons. The normalized spacial score (nSPS) is 18.0. The maximum absolute atomic E-state index is 4.45. The molecule has 2 heterocycles. The maximum atomic E-state index is 4.45. The van der Waals surface area contributed by atoms with Crippen molar-refractivity contribution in [2.24, 2.45) is 5.92 Å². The molecule has 1 aliphatic rings. The topological polar surface area (TPSA) is 33.1 Å². The van der Waals surface area contributed by atoms with Crippen LogP contribution in [-0.4, -0.2) is 36.2 Å². The van der Waals surface area contributed by atoms with E-state index in [1.54, 1.807) is 0 Å². The maximum Gasteiger partial charge on any atom is 0.205 e. The van der Waals surface area contributed by atoms with Crippen LogP contribution in [0.25, 0.3) is 0 Å². The number of imidazole rings is 1. The van der Waals surface area contributed by atoms with Crippen molar-refractivity contribution in [1.29, 1.82) is 0 Å². The first-order chi connectivity index (χ1) is 7.85. The third-order valence-electron chi connectivity index (χ3n) is 3.42. The number of nitrogens with one attached hydrogen (secondary N) is 1. The first-order valence-corrected chi connectivity index (χ1v) is 6.25. The number of aromatic nitrogens is 2. The lowest BCUT2D eigenvalue weighted by Crippen LogP contribution is -2.38. The summed E-state index contributed by atoms with van der Waals surface area (Å²) in [7, 11) is 2.04. The van der Waals surface area contributed by atoms with Gasteiger partial charge in [-0.05, 0) is 39.3 Å². The molecule has 1 fully saturated rings. The fraction of sp³-hybridized carbons (Fsp3) is 0.750. The smallest absolute Gasteiger partial charge is 0.205 e. The Morgan fingerprint density at radius 2 is 2.19 bits per heavy atom. The van der Waals surface area contributed by atoms with Crippen LogP contribution in [0.5, 0.6) is 0 Å². The van der Waals surface area contributed by atoms with Crippen molar-refractivity contribution in [2.75, 3.05) is 31.6 Å². The van der Waals surface area contributed by atoms with Gasteiger partial charge in [-0.1, -0.05) is 0 Å². The Labute approximate surface area is 97.7 Å². The van der Waals surface area contributed by atoms with Crippen molar-refractivity contribution < 1.29 is 0 Å². The van der Waals surface area contributed by atoms with E-state index in [1.807, 2.05) is 13.2 Å². The van der Waals surface area contributed by atoms with Crippen molar-refractivity contribution in [1.82, 2.24) is 14.9 Å². The average molecular weight is 222 g/mol. The van der Waals surface area contributed by atoms with E-state index in [2.05, 4.69) is 32.9 Å². The molecule has 90 valence electrons. The molecule has 1 aromatic rings. The van der Waals surface area contributed by atoms with Gasteiger partial charge in [0.05, 0.1) is 0 Å². The van der Waals surface area contributed by atoms with Gasteiger partial charge in [-0.3, -0.25) is 0 Å². The predicted molar refractivity (Wildman–Crippen MR) is 66.8 cm³/mol. The molecule has 0 atom stereocenters. The van der Waals surface area contributed by atoms with Gasteiger partial charge in [0, 0.05) is 32.0 Å². The van der Waals surface area contributed by atoms with E-state index in [0.29, 0.717) is 0 Å². The third kappa shape index (κ3) is 2.38. The summed E-state index contributed by atoms with van der Waals surface area (Å²) in [5.41, 5.74) is 0. The minimum atomic E-state index is 0.839. The number of rotatable bonds is 4. The van der Waals surface area contributed by atoms with Crippen molar-refractivity contribution >= 4 is 5.95 Å². The Morgan fingerprint density at radius 3 is 2.81 bits per heavy atom. The molecule has 0 bridgehead atoms. The van der Waals surface area contributed by atoms with Gasteiger partial charge in [0.1, 0.15) is 0 Å². The van der Waals surface area contributed by atoms with Gasteiger partial charge in [-0.2, -0.15) is 0 Å². The molecule has 1 aromatic heterocycles. The number of nitrogens with zero attached hydrogens (tertiary/aromatic N) is 3. The Balaban J connectivity index is 1.93. The Kier molecular flexibility index (Phi) is 3.83. The van der Waals surface area contributed by atoms with E-state index in [-0.39, 0.29) is 0 Å². The lowest BCUT2D eigenvalue weighted by Gasteiger charge is -2.32. The molecular weight excluding hydrogens is 200 g/mol. The molecule has 0 unspecified atom stereocenters. The first-order valence-electron chi connectivity index (χ1n) is 6.25. The summed E-state index contributed by atoms with van der Waals surface area (Å²) in [6.07, 6.45) is 6.52.